The lowest BCUT2D eigenvalue weighted by Gasteiger charge is -2.41. The number of piperazine rings is 2. The van der Waals surface area contributed by atoms with Crippen LogP contribution in [0.4, 0.5) is 0 Å². The second-order valence-electron chi connectivity index (χ2n) is 12.4. The van der Waals surface area contributed by atoms with Gasteiger partial charge in [-0.15, -0.1) is 0 Å². The van der Waals surface area contributed by atoms with Crippen molar-refractivity contribution < 1.29 is 4.79 Å². The number of hydrogen-bond donors (Lipinski definition) is 1. The predicted octanol–water partition coefficient (Wildman–Crippen LogP) is 2.42. The number of Topliss-reactive ketones (excluding diaryl/α,β-unsaturated/α-hetero) is 1. The first-order chi connectivity index (χ1) is 20.1. The lowest BCUT2D eigenvalue weighted by molar-refractivity contribution is -0.123. The van der Waals surface area contributed by atoms with E-state index in [-0.39, 0.29) is 5.92 Å². The molecule has 11 nitrogen and oxygen atoms in total. The number of nitrogens with one attached hydrogen (secondary N) is 1. The van der Waals surface area contributed by atoms with E-state index in [0.29, 0.717) is 12.3 Å². The van der Waals surface area contributed by atoms with E-state index in [1.54, 1.807) is 17.3 Å². The first-order valence-electron chi connectivity index (χ1n) is 16.1. The van der Waals surface area contributed by atoms with Crippen molar-refractivity contribution in [1.29, 1.82) is 0 Å². The van der Waals surface area contributed by atoms with Crippen LogP contribution in [-0.4, -0.2) is 123 Å². The number of likely N-dealkylation sites (N-methyl/N-ethyl adjacent to an activating group) is 2. The Morgan fingerprint density at radius 3 is 1.98 bits per heavy atom. The lowest BCUT2D eigenvalue weighted by Crippen LogP contribution is -2.51. The van der Waals surface area contributed by atoms with Gasteiger partial charge in [-0.2, -0.15) is 10.2 Å². The Kier molecular flexibility index (Phi) is 13.7. The molecule has 11 heteroatoms. The standard InChI is InChI=1S/C15H27N5.C10H15N3O.C5H12N2/c1-18-7-9-19(10-8-18)15-6-4-2-3-5-14(15)11-20-13-16-12-17-20;14-10-5-3-1-2-4-9(10)6-13-8-11-7-12-13;1-7-4-2-6-3-5-7/h12-15H,2-11H2,1H3;7-9H,1-6H2;6H,2-5H2,1H3. The van der Waals surface area contributed by atoms with E-state index in [9.17, 15) is 4.79 Å². The van der Waals surface area contributed by atoms with Crippen molar-refractivity contribution in [3.63, 3.8) is 0 Å². The molecule has 3 atom stereocenters. The molecule has 0 radical (unpaired) electrons. The number of nitrogens with zero attached hydrogens (tertiary/aromatic N) is 9. The van der Waals surface area contributed by atoms with Crippen LogP contribution in [0.15, 0.2) is 25.3 Å². The van der Waals surface area contributed by atoms with Crippen LogP contribution >= 0.6 is 0 Å². The summed E-state index contributed by atoms with van der Waals surface area (Å²) in [5, 5.41) is 11.6. The molecule has 2 aliphatic carbocycles. The maximum atomic E-state index is 11.7. The largest absolute Gasteiger partial charge is 0.314 e. The van der Waals surface area contributed by atoms with Crippen LogP contribution in [-0.2, 0) is 17.9 Å². The summed E-state index contributed by atoms with van der Waals surface area (Å²) in [4.78, 5) is 27.2. The molecule has 2 aliphatic heterocycles. The zero-order chi connectivity index (χ0) is 28.7. The smallest absolute Gasteiger partial charge is 0.137 e. The van der Waals surface area contributed by atoms with Gasteiger partial charge in [-0.05, 0) is 45.7 Å². The van der Waals surface area contributed by atoms with Gasteiger partial charge in [-0.3, -0.25) is 19.1 Å². The van der Waals surface area contributed by atoms with E-state index < -0.39 is 0 Å². The topological polar surface area (TPSA) is 100 Å². The average Bonchev–Trinajstić information content (AvgIpc) is 3.60. The van der Waals surface area contributed by atoms with E-state index >= 15 is 0 Å². The second kappa shape index (κ2) is 17.7. The van der Waals surface area contributed by atoms with Crippen LogP contribution in [0.2, 0.25) is 0 Å². The van der Waals surface area contributed by atoms with Gasteiger partial charge in [0.25, 0.3) is 0 Å². The Morgan fingerprint density at radius 1 is 0.732 bits per heavy atom. The van der Waals surface area contributed by atoms with Gasteiger partial charge in [-0.25, -0.2) is 9.97 Å². The molecule has 4 heterocycles. The molecule has 6 rings (SSSR count). The fourth-order valence-corrected chi connectivity index (χ4v) is 6.53. The summed E-state index contributed by atoms with van der Waals surface area (Å²) in [7, 11) is 4.39. The molecule has 2 saturated heterocycles. The molecule has 0 spiro atoms. The minimum atomic E-state index is 0.166. The van der Waals surface area contributed by atoms with Crippen molar-refractivity contribution >= 4 is 5.78 Å². The molecule has 2 aromatic rings. The molecule has 0 bridgehead atoms. The van der Waals surface area contributed by atoms with Gasteiger partial charge < -0.3 is 15.1 Å². The van der Waals surface area contributed by atoms with E-state index in [2.05, 4.69) is 54.3 Å². The quantitative estimate of drug-likeness (QED) is 0.543. The average molecular weight is 571 g/mol. The summed E-state index contributed by atoms with van der Waals surface area (Å²) >= 11 is 0. The summed E-state index contributed by atoms with van der Waals surface area (Å²) in [5.41, 5.74) is 0. The Morgan fingerprint density at radius 2 is 1.34 bits per heavy atom. The molecular formula is C30H54N10O. The zero-order valence-corrected chi connectivity index (χ0v) is 25.6. The normalized spacial score (nSPS) is 27.1. The molecule has 2 aromatic heterocycles. The fraction of sp³-hybridized carbons (Fsp3) is 0.833. The van der Waals surface area contributed by atoms with Gasteiger partial charge in [0.1, 0.15) is 31.1 Å². The van der Waals surface area contributed by atoms with Crippen molar-refractivity contribution in [2.75, 3.05) is 66.5 Å². The van der Waals surface area contributed by atoms with E-state index in [0.717, 1.165) is 50.9 Å². The molecule has 0 amide bonds. The zero-order valence-electron chi connectivity index (χ0n) is 25.6. The third-order valence-corrected chi connectivity index (χ3v) is 9.16. The highest BCUT2D eigenvalue weighted by Crippen LogP contribution is 2.29. The highest BCUT2D eigenvalue weighted by molar-refractivity contribution is 5.81. The summed E-state index contributed by atoms with van der Waals surface area (Å²) in [6, 6.07) is 0.746. The molecule has 2 saturated carbocycles. The van der Waals surface area contributed by atoms with Gasteiger partial charge in [0.2, 0.25) is 0 Å². The molecule has 230 valence electrons. The van der Waals surface area contributed by atoms with Crippen molar-refractivity contribution in [2.24, 2.45) is 11.8 Å². The minimum Gasteiger partial charge on any atom is -0.314 e. The number of carbonyl (C=O) groups excluding carboxylic acids is 1. The lowest BCUT2D eigenvalue weighted by atomic mass is 9.92. The Balaban J connectivity index is 0.000000159. The van der Waals surface area contributed by atoms with Gasteiger partial charge in [0, 0.05) is 77.3 Å². The fourth-order valence-electron chi connectivity index (χ4n) is 6.53. The van der Waals surface area contributed by atoms with Gasteiger partial charge in [-0.1, -0.05) is 32.1 Å². The molecule has 1 N–H and O–H groups in total. The monoisotopic (exact) mass is 570 g/mol. The molecule has 3 unspecified atom stereocenters. The molecule has 0 aromatic carbocycles. The number of ketones is 1. The van der Waals surface area contributed by atoms with Gasteiger partial charge in [0.05, 0.1) is 6.54 Å². The van der Waals surface area contributed by atoms with Crippen LogP contribution in [0.25, 0.3) is 0 Å². The van der Waals surface area contributed by atoms with Crippen LogP contribution < -0.4 is 5.32 Å². The van der Waals surface area contributed by atoms with Crippen molar-refractivity contribution in [1.82, 2.24) is 49.5 Å². The Bertz CT molecular complexity index is 939. The molecule has 41 heavy (non-hydrogen) atoms. The SMILES string of the molecule is CN1CCN(C2CCCCCC2Cn2cncn2)CC1.CN1CCNCC1.O=C1CCCCCC1Cn1cncn1. The molecule has 4 aliphatic rings. The number of rotatable bonds is 5. The van der Waals surface area contributed by atoms with Crippen LogP contribution in [0.1, 0.15) is 64.2 Å². The summed E-state index contributed by atoms with van der Waals surface area (Å²) < 4.78 is 3.78. The van der Waals surface area contributed by atoms with Crippen LogP contribution in [0, 0.1) is 11.8 Å². The van der Waals surface area contributed by atoms with Crippen molar-refractivity contribution in [3.8, 4) is 0 Å². The van der Waals surface area contributed by atoms with E-state index in [4.69, 9.17) is 0 Å². The van der Waals surface area contributed by atoms with Crippen molar-refractivity contribution in [2.45, 2.75) is 83.3 Å². The Hall–Kier alpha value is -2.21. The van der Waals surface area contributed by atoms with Crippen molar-refractivity contribution in [3.05, 3.63) is 25.3 Å². The predicted molar refractivity (Wildman–Crippen MR) is 161 cm³/mol. The van der Waals surface area contributed by atoms with E-state index in [1.807, 2.05) is 11.0 Å². The highest BCUT2D eigenvalue weighted by atomic mass is 16.1. The summed E-state index contributed by atoms with van der Waals surface area (Å²) in [6.07, 6.45) is 18.8. The third-order valence-electron chi connectivity index (χ3n) is 9.16. The maximum Gasteiger partial charge on any atom is 0.137 e. The molecular weight excluding hydrogens is 516 g/mol. The number of hydrogen-bond acceptors (Lipinski definition) is 9. The third kappa shape index (κ3) is 11.2. The first-order valence-corrected chi connectivity index (χ1v) is 16.1. The minimum absolute atomic E-state index is 0.166. The van der Waals surface area contributed by atoms with Gasteiger partial charge in [0.15, 0.2) is 0 Å². The summed E-state index contributed by atoms with van der Waals surface area (Å²) in [5.74, 6) is 1.31. The highest BCUT2D eigenvalue weighted by Gasteiger charge is 2.31. The van der Waals surface area contributed by atoms with Crippen LogP contribution in [0.3, 0.4) is 0 Å². The maximum absolute atomic E-state index is 11.7. The van der Waals surface area contributed by atoms with Crippen LogP contribution in [0.5, 0.6) is 0 Å². The Labute approximate surface area is 247 Å². The first kappa shape index (κ1) is 31.7. The summed E-state index contributed by atoms with van der Waals surface area (Å²) in [6.45, 7) is 11.4. The molecule has 4 fully saturated rings. The number of aromatic nitrogens is 6. The van der Waals surface area contributed by atoms with E-state index in [1.165, 1.54) is 90.5 Å². The number of carbonyl (C=O) groups is 1. The second-order valence-corrected chi connectivity index (χ2v) is 12.4. The van der Waals surface area contributed by atoms with Gasteiger partial charge >= 0.3 is 0 Å².